The van der Waals surface area contributed by atoms with Crippen molar-refractivity contribution in [1.82, 2.24) is 0 Å². The van der Waals surface area contributed by atoms with Crippen LogP contribution in [0.1, 0.15) is 24.5 Å². The maximum atomic E-state index is 12.3. The van der Waals surface area contributed by atoms with E-state index in [1.807, 2.05) is 0 Å². The molecule has 2 rings (SSSR count). The zero-order valence-corrected chi connectivity index (χ0v) is 9.98. The summed E-state index contributed by atoms with van der Waals surface area (Å²) in [5.41, 5.74) is 0.0352. The van der Waals surface area contributed by atoms with Crippen molar-refractivity contribution in [3.63, 3.8) is 0 Å². The Hall–Kier alpha value is -1.69. The molecule has 3 nitrogen and oxygen atoms in total. The molecule has 1 aromatic rings. The van der Waals surface area contributed by atoms with Crippen LogP contribution in [-0.2, 0) is 4.74 Å². The van der Waals surface area contributed by atoms with Crippen molar-refractivity contribution in [3.05, 3.63) is 41.7 Å². The molecule has 0 spiro atoms. The molecule has 0 saturated carbocycles. The number of hydrogen-bond donors (Lipinski definition) is 1. The predicted molar refractivity (Wildman–Crippen MR) is 61.4 cm³/mol. The Balaban J connectivity index is 2.26. The summed E-state index contributed by atoms with van der Waals surface area (Å²) in [6.07, 6.45) is -2.80. The maximum Gasteiger partial charge on any atom is 0.573 e. The second-order valence-electron chi connectivity index (χ2n) is 4.09. The fraction of sp³-hybridized carbons (Fsp3) is 0.385. The molecule has 19 heavy (non-hydrogen) atoms. The van der Waals surface area contributed by atoms with Gasteiger partial charge in [-0.05, 0) is 25.0 Å². The topological polar surface area (TPSA) is 38.7 Å². The van der Waals surface area contributed by atoms with Crippen molar-refractivity contribution < 1.29 is 27.8 Å². The quantitative estimate of drug-likeness (QED) is 0.919. The second kappa shape index (κ2) is 5.52. The van der Waals surface area contributed by atoms with Crippen LogP contribution >= 0.6 is 0 Å². The molecule has 1 aromatic carbocycles. The molecule has 0 amide bonds. The first-order valence-corrected chi connectivity index (χ1v) is 5.83. The number of rotatable bonds is 3. The number of allylic oxidation sites excluding steroid dienone is 1. The fourth-order valence-electron chi connectivity index (χ4n) is 1.84. The zero-order chi connectivity index (χ0) is 13.9. The number of benzene rings is 1. The van der Waals surface area contributed by atoms with E-state index in [4.69, 9.17) is 4.74 Å². The molecule has 0 bridgehead atoms. The van der Waals surface area contributed by atoms with Crippen molar-refractivity contribution in [2.45, 2.75) is 25.3 Å². The summed E-state index contributed by atoms with van der Waals surface area (Å²) in [4.78, 5) is 0. The lowest BCUT2D eigenvalue weighted by molar-refractivity contribution is -0.275. The highest BCUT2D eigenvalue weighted by Crippen LogP contribution is 2.34. The van der Waals surface area contributed by atoms with Crippen molar-refractivity contribution in [3.8, 4) is 5.75 Å². The molecular formula is C13H13F3O3. The smallest absolute Gasteiger partial charge is 0.495 e. The third kappa shape index (κ3) is 3.64. The average Bonchev–Trinajstić information content (AvgIpc) is 2.38. The van der Waals surface area contributed by atoms with Gasteiger partial charge < -0.3 is 14.6 Å². The van der Waals surface area contributed by atoms with Gasteiger partial charge in [-0.2, -0.15) is 0 Å². The van der Waals surface area contributed by atoms with Crippen LogP contribution in [0.15, 0.2) is 36.1 Å². The first kappa shape index (κ1) is 13.7. The van der Waals surface area contributed by atoms with Gasteiger partial charge in [-0.3, -0.25) is 0 Å². The van der Waals surface area contributed by atoms with Gasteiger partial charge in [-0.15, -0.1) is 13.2 Å². The molecule has 1 heterocycles. The van der Waals surface area contributed by atoms with Gasteiger partial charge in [-0.25, -0.2) is 0 Å². The summed E-state index contributed by atoms with van der Waals surface area (Å²) in [6.45, 7) is 0.450. The summed E-state index contributed by atoms with van der Waals surface area (Å²) >= 11 is 0. The van der Waals surface area contributed by atoms with Gasteiger partial charge >= 0.3 is 6.36 Å². The molecule has 6 heteroatoms. The van der Waals surface area contributed by atoms with E-state index in [1.54, 1.807) is 6.08 Å². The van der Waals surface area contributed by atoms with Gasteiger partial charge in [-0.1, -0.05) is 18.2 Å². The lowest BCUT2D eigenvalue weighted by Crippen LogP contribution is -2.19. The van der Waals surface area contributed by atoms with Crippen LogP contribution in [0, 0.1) is 0 Å². The van der Waals surface area contributed by atoms with Gasteiger partial charge in [0.1, 0.15) is 17.6 Å². The zero-order valence-electron chi connectivity index (χ0n) is 9.98. The number of hydrogen-bond acceptors (Lipinski definition) is 3. The molecule has 1 N–H and O–H groups in total. The van der Waals surface area contributed by atoms with E-state index in [9.17, 15) is 18.3 Å². The van der Waals surface area contributed by atoms with E-state index in [0.717, 1.165) is 18.9 Å². The number of para-hydroxylation sites is 1. The largest absolute Gasteiger partial charge is 0.573 e. The van der Waals surface area contributed by atoms with E-state index in [1.165, 1.54) is 18.2 Å². The minimum atomic E-state index is -4.79. The number of alkyl halides is 3. The van der Waals surface area contributed by atoms with E-state index in [2.05, 4.69) is 4.74 Å². The SMILES string of the molecule is OC(C1=CCCCO1)c1ccccc1OC(F)(F)F. The van der Waals surface area contributed by atoms with Gasteiger partial charge in [0.2, 0.25) is 0 Å². The summed E-state index contributed by atoms with van der Waals surface area (Å²) in [5, 5.41) is 10.1. The molecule has 1 unspecified atom stereocenters. The summed E-state index contributed by atoms with van der Waals surface area (Å²) in [5.74, 6) is -0.151. The van der Waals surface area contributed by atoms with Crippen LogP contribution in [-0.4, -0.2) is 18.1 Å². The first-order chi connectivity index (χ1) is 8.97. The Labute approximate surface area is 108 Å². The number of ether oxygens (including phenoxy) is 2. The van der Waals surface area contributed by atoms with Gasteiger partial charge in [0, 0.05) is 5.56 Å². The molecule has 0 fully saturated rings. The lowest BCUT2D eigenvalue weighted by Gasteiger charge is -2.22. The third-order valence-electron chi connectivity index (χ3n) is 2.67. The van der Waals surface area contributed by atoms with Crippen molar-refractivity contribution in [2.75, 3.05) is 6.61 Å². The van der Waals surface area contributed by atoms with Crippen molar-refractivity contribution in [1.29, 1.82) is 0 Å². The van der Waals surface area contributed by atoms with E-state index >= 15 is 0 Å². The van der Waals surface area contributed by atoms with Gasteiger partial charge in [0.05, 0.1) is 6.61 Å². The molecule has 1 aliphatic rings. The number of halogens is 3. The van der Waals surface area contributed by atoms with Crippen LogP contribution in [0.4, 0.5) is 13.2 Å². The number of aliphatic hydroxyl groups is 1. The summed E-state index contributed by atoms with van der Waals surface area (Å²) < 4.78 is 46.0. The maximum absolute atomic E-state index is 12.3. The van der Waals surface area contributed by atoms with Crippen LogP contribution in [0.5, 0.6) is 5.75 Å². The minimum Gasteiger partial charge on any atom is -0.495 e. The number of aliphatic hydroxyl groups excluding tert-OH is 1. The summed E-state index contributed by atoms with van der Waals surface area (Å²) in [6, 6.07) is 5.48. The molecule has 0 radical (unpaired) electrons. The molecule has 1 aliphatic heterocycles. The van der Waals surface area contributed by atoms with Crippen LogP contribution in [0.2, 0.25) is 0 Å². The molecule has 0 aromatic heterocycles. The molecule has 104 valence electrons. The van der Waals surface area contributed by atoms with Crippen molar-refractivity contribution in [2.24, 2.45) is 0 Å². The third-order valence-corrected chi connectivity index (χ3v) is 2.67. The highest BCUT2D eigenvalue weighted by Gasteiger charge is 2.33. The Morgan fingerprint density at radius 2 is 2.00 bits per heavy atom. The standard InChI is InChI=1S/C13H13F3O3/c14-13(15,16)19-10-6-2-1-5-9(10)12(17)11-7-3-4-8-18-11/h1-2,5-7,12,17H,3-4,8H2. The highest BCUT2D eigenvalue weighted by atomic mass is 19.4. The highest BCUT2D eigenvalue weighted by molar-refractivity contribution is 5.38. The normalized spacial score (nSPS) is 17.4. The molecule has 1 atom stereocenters. The van der Waals surface area contributed by atoms with Crippen LogP contribution in [0.25, 0.3) is 0 Å². The average molecular weight is 274 g/mol. The Bertz CT molecular complexity index is 468. The van der Waals surface area contributed by atoms with Crippen molar-refractivity contribution >= 4 is 0 Å². The van der Waals surface area contributed by atoms with Crippen LogP contribution in [0.3, 0.4) is 0 Å². The monoisotopic (exact) mass is 274 g/mol. The summed E-state index contributed by atoms with van der Waals surface area (Å²) in [7, 11) is 0. The lowest BCUT2D eigenvalue weighted by atomic mass is 10.0. The predicted octanol–water partition coefficient (Wildman–Crippen LogP) is 3.31. The molecule has 0 aliphatic carbocycles. The fourth-order valence-corrected chi connectivity index (χ4v) is 1.84. The van der Waals surface area contributed by atoms with Gasteiger partial charge in [0.25, 0.3) is 0 Å². The van der Waals surface area contributed by atoms with E-state index in [-0.39, 0.29) is 11.3 Å². The minimum absolute atomic E-state index is 0.0352. The van der Waals surface area contributed by atoms with E-state index < -0.39 is 18.2 Å². The van der Waals surface area contributed by atoms with Gasteiger partial charge in [0.15, 0.2) is 0 Å². The second-order valence-corrected chi connectivity index (χ2v) is 4.09. The Morgan fingerprint density at radius 3 is 2.63 bits per heavy atom. The van der Waals surface area contributed by atoms with E-state index in [0.29, 0.717) is 6.61 Å². The van der Waals surface area contributed by atoms with Crippen LogP contribution < -0.4 is 4.74 Å². The molecule has 0 saturated heterocycles. The Kier molecular flexibility index (Phi) is 3.99. The molecular weight excluding hydrogens is 261 g/mol. The Morgan fingerprint density at radius 1 is 1.26 bits per heavy atom. The first-order valence-electron chi connectivity index (χ1n) is 5.83.